The molecule has 1 heterocycles. The number of fused-ring (bicyclic) bond motifs is 1. The van der Waals surface area contributed by atoms with Crippen LogP contribution >= 0.6 is 0 Å². The van der Waals surface area contributed by atoms with Crippen LogP contribution in [0, 0.1) is 16.7 Å². The molecule has 0 unspecified atom stereocenters. The molecule has 2 rings (SSSR count). The number of hydrogen-bond donors (Lipinski definition) is 4. The molecule has 0 saturated heterocycles. The highest BCUT2D eigenvalue weighted by molar-refractivity contribution is 6.06. The average Bonchev–Trinajstić information content (AvgIpc) is 3.10. The molecule has 2 aromatic rings. The van der Waals surface area contributed by atoms with Gasteiger partial charge >= 0.3 is 6.03 Å². The Morgan fingerprint density at radius 3 is 2.50 bits per heavy atom. The van der Waals surface area contributed by atoms with Gasteiger partial charge in [-0.3, -0.25) is 14.3 Å². The van der Waals surface area contributed by atoms with Crippen LogP contribution < -0.4 is 21.7 Å². The predicted molar refractivity (Wildman–Crippen MR) is 121 cm³/mol. The van der Waals surface area contributed by atoms with Crippen molar-refractivity contribution in [2.45, 2.75) is 52.6 Å². The molecule has 0 aliphatic rings. The van der Waals surface area contributed by atoms with Gasteiger partial charge in [0.05, 0.1) is 11.6 Å². The van der Waals surface area contributed by atoms with Gasteiger partial charge in [0.25, 0.3) is 5.91 Å². The number of nitrogens with one attached hydrogen (secondary N) is 3. The topological polar surface area (TPSA) is 155 Å². The molecule has 172 valence electrons. The lowest BCUT2D eigenvalue weighted by molar-refractivity contribution is -0.125. The Hall–Kier alpha value is -3.61. The molecule has 0 aliphatic carbocycles. The fourth-order valence-electron chi connectivity index (χ4n) is 3.28. The lowest BCUT2D eigenvalue weighted by Gasteiger charge is -2.30. The smallest absolute Gasteiger partial charge is 0.312 e. The normalized spacial score (nSPS) is 12.1. The van der Waals surface area contributed by atoms with Crippen LogP contribution in [0.1, 0.15) is 50.5 Å². The van der Waals surface area contributed by atoms with E-state index in [0.29, 0.717) is 18.4 Å². The molecular weight excluding hydrogens is 410 g/mol. The zero-order chi connectivity index (χ0) is 23.7. The van der Waals surface area contributed by atoms with Crippen LogP contribution in [0.15, 0.2) is 24.3 Å². The van der Waals surface area contributed by atoms with E-state index in [4.69, 9.17) is 11.0 Å². The SMILES string of the molecule is CC(C)(C)[C@H](NC(=O)c1nn(CCCCC#N)c2ccccc12)C(=O)NCCNC(N)=O. The molecule has 0 aliphatic heterocycles. The maximum atomic E-state index is 13.1. The van der Waals surface area contributed by atoms with Crippen LogP contribution in [0.2, 0.25) is 0 Å². The number of amides is 4. The quantitative estimate of drug-likeness (QED) is 0.413. The molecule has 4 amide bonds. The summed E-state index contributed by atoms with van der Waals surface area (Å²) in [6, 6.07) is 8.07. The van der Waals surface area contributed by atoms with Crippen molar-refractivity contribution >= 4 is 28.7 Å². The second-order valence-electron chi connectivity index (χ2n) is 8.56. The number of aryl methyl sites for hydroxylation is 1. The van der Waals surface area contributed by atoms with Crippen LogP contribution in [-0.2, 0) is 11.3 Å². The highest BCUT2D eigenvalue weighted by Crippen LogP contribution is 2.22. The van der Waals surface area contributed by atoms with Crippen molar-refractivity contribution in [2.24, 2.45) is 11.1 Å². The van der Waals surface area contributed by atoms with E-state index in [0.717, 1.165) is 18.4 Å². The number of rotatable bonds is 10. The second-order valence-corrected chi connectivity index (χ2v) is 8.56. The fourth-order valence-corrected chi connectivity index (χ4v) is 3.28. The summed E-state index contributed by atoms with van der Waals surface area (Å²) in [6.07, 6.45) is 2.00. The van der Waals surface area contributed by atoms with Crippen LogP contribution in [-0.4, -0.2) is 46.8 Å². The fraction of sp³-hybridized carbons (Fsp3) is 0.500. The zero-order valence-electron chi connectivity index (χ0n) is 18.8. The molecule has 5 N–H and O–H groups in total. The molecule has 10 nitrogen and oxygen atoms in total. The molecule has 1 aromatic heterocycles. The lowest BCUT2D eigenvalue weighted by atomic mass is 9.86. The second kappa shape index (κ2) is 11.1. The van der Waals surface area contributed by atoms with Gasteiger partial charge in [-0.05, 0) is 24.3 Å². The molecular formula is C22H31N7O3. The number of para-hydroxylation sites is 1. The number of urea groups is 1. The maximum absolute atomic E-state index is 13.1. The summed E-state index contributed by atoms with van der Waals surface area (Å²) in [5, 5.41) is 21.8. The van der Waals surface area contributed by atoms with Crippen LogP contribution in [0.4, 0.5) is 4.79 Å². The van der Waals surface area contributed by atoms with E-state index in [2.05, 4.69) is 27.1 Å². The van der Waals surface area contributed by atoms with E-state index < -0.39 is 23.4 Å². The van der Waals surface area contributed by atoms with Crippen molar-refractivity contribution in [3.63, 3.8) is 0 Å². The minimum atomic E-state index is -0.817. The van der Waals surface area contributed by atoms with Gasteiger partial charge in [-0.25, -0.2) is 4.79 Å². The van der Waals surface area contributed by atoms with Gasteiger partial charge < -0.3 is 21.7 Å². The third kappa shape index (κ3) is 6.70. The van der Waals surface area contributed by atoms with E-state index in [1.165, 1.54) is 0 Å². The Kier molecular flexibility index (Phi) is 8.58. The molecule has 10 heteroatoms. The largest absolute Gasteiger partial charge is 0.353 e. The number of carbonyl (C=O) groups is 3. The third-order valence-electron chi connectivity index (χ3n) is 4.91. The highest BCUT2D eigenvalue weighted by atomic mass is 16.2. The Labute approximate surface area is 187 Å². The van der Waals surface area contributed by atoms with E-state index >= 15 is 0 Å². The molecule has 0 spiro atoms. The standard InChI is InChI=1S/C22H31N7O3/c1-22(2,3)18(20(31)25-12-13-26-21(24)32)27-19(30)17-15-9-5-6-10-16(15)29(28-17)14-8-4-7-11-23/h5-6,9-10,18H,4,7-8,12-14H2,1-3H3,(H,25,31)(H,27,30)(H3,24,26,32)/t18-/m1/s1. The number of nitriles is 1. The van der Waals surface area contributed by atoms with Crippen LogP contribution in [0.5, 0.6) is 0 Å². The van der Waals surface area contributed by atoms with Crippen molar-refractivity contribution in [1.82, 2.24) is 25.7 Å². The van der Waals surface area contributed by atoms with Crippen molar-refractivity contribution in [3.8, 4) is 6.07 Å². The number of unbranched alkanes of at least 4 members (excludes halogenated alkanes) is 2. The van der Waals surface area contributed by atoms with Gasteiger partial charge in [-0.1, -0.05) is 39.0 Å². The summed E-state index contributed by atoms with van der Waals surface area (Å²) in [5.41, 5.74) is 5.53. The van der Waals surface area contributed by atoms with Crippen LogP contribution in [0.3, 0.4) is 0 Å². The van der Waals surface area contributed by atoms with Crippen molar-refractivity contribution in [3.05, 3.63) is 30.0 Å². The van der Waals surface area contributed by atoms with Crippen molar-refractivity contribution in [1.29, 1.82) is 5.26 Å². The summed E-state index contributed by atoms with van der Waals surface area (Å²) < 4.78 is 1.77. The molecule has 1 aromatic carbocycles. The maximum Gasteiger partial charge on any atom is 0.312 e. The zero-order valence-corrected chi connectivity index (χ0v) is 18.8. The summed E-state index contributed by atoms with van der Waals surface area (Å²) in [7, 11) is 0. The Bertz CT molecular complexity index is 1000. The molecule has 0 bridgehead atoms. The first-order chi connectivity index (χ1) is 15.1. The number of hydrogen-bond acceptors (Lipinski definition) is 5. The minimum absolute atomic E-state index is 0.185. The molecule has 0 saturated carbocycles. The Morgan fingerprint density at radius 1 is 1.16 bits per heavy atom. The molecule has 0 fully saturated rings. The van der Waals surface area contributed by atoms with Crippen molar-refractivity contribution in [2.75, 3.05) is 13.1 Å². The van der Waals surface area contributed by atoms with E-state index in [1.54, 1.807) is 4.68 Å². The summed E-state index contributed by atoms with van der Waals surface area (Å²) >= 11 is 0. The Morgan fingerprint density at radius 2 is 1.84 bits per heavy atom. The summed E-state index contributed by atoms with van der Waals surface area (Å²) in [6.45, 7) is 6.52. The van der Waals surface area contributed by atoms with Gasteiger partial charge in [0.15, 0.2) is 5.69 Å². The van der Waals surface area contributed by atoms with E-state index in [-0.39, 0.29) is 24.7 Å². The number of benzene rings is 1. The lowest BCUT2D eigenvalue weighted by Crippen LogP contribution is -2.54. The average molecular weight is 442 g/mol. The molecule has 32 heavy (non-hydrogen) atoms. The number of carbonyl (C=O) groups excluding carboxylic acids is 3. The molecule has 0 radical (unpaired) electrons. The van der Waals surface area contributed by atoms with Gasteiger partial charge in [0, 0.05) is 31.4 Å². The predicted octanol–water partition coefficient (Wildman–Crippen LogP) is 1.66. The van der Waals surface area contributed by atoms with Gasteiger partial charge in [0.2, 0.25) is 5.91 Å². The number of nitrogens with two attached hydrogens (primary N) is 1. The number of aromatic nitrogens is 2. The molecule has 1 atom stereocenters. The first-order valence-corrected chi connectivity index (χ1v) is 10.6. The van der Waals surface area contributed by atoms with Gasteiger partial charge in [-0.15, -0.1) is 0 Å². The summed E-state index contributed by atoms with van der Waals surface area (Å²) in [5.74, 6) is -0.806. The number of nitrogens with zero attached hydrogens (tertiary/aromatic N) is 3. The number of primary amides is 1. The first-order valence-electron chi connectivity index (χ1n) is 10.6. The van der Waals surface area contributed by atoms with E-state index in [9.17, 15) is 14.4 Å². The summed E-state index contributed by atoms with van der Waals surface area (Å²) in [4.78, 5) is 36.7. The van der Waals surface area contributed by atoms with Crippen molar-refractivity contribution < 1.29 is 14.4 Å². The van der Waals surface area contributed by atoms with Gasteiger partial charge in [0.1, 0.15) is 6.04 Å². The van der Waals surface area contributed by atoms with Crippen LogP contribution in [0.25, 0.3) is 10.9 Å². The third-order valence-corrected chi connectivity index (χ3v) is 4.91. The Balaban J connectivity index is 2.18. The van der Waals surface area contributed by atoms with Gasteiger partial charge in [-0.2, -0.15) is 10.4 Å². The highest BCUT2D eigenvalue weighted by Gasteiger charge is 2.33. The monoisotopic (exact) mass is 441 g/mol. The first kappa shape index (κ1) is 24.7. The van der Waals surface area contributed by atoms with E-state index in [1.807, 2.05) is 45.0 Å². The minimum Gasteiger partial charge on any atom is -0.353 e.